The fourth-order valence-electron chi connectivity index (χ4n) is 5.00. The third-order valence-electron chi connectivity index (χ3n) is 6.94. The zero-order valence-corrected chi connectivity index (χ0v) is 18.2. The lowest BCUT2D eigenvalue weighted by molar-refractivity contribution is -0.178. The second-order valence-electron chi connectivity index (χ2n) is 9.00. The summed E-state index contributed by atoms with van der Waals surface area (Å²) in [5, 5.41) is 11.1. The smallest absolute Gasteiger partial charge is 0.242 e. The third-order valence-corrected chi connectivity index (χ3v) is 8.48. The SMILES string of the molecule is N#CC1(NS(=O)(=O)c2ccc3c(c2)[nH]c2ncnc(C4CCC5(CC4)OCCO5)c23)CC1. The van der Waals surface area contributed by atoms with E-state index < -0.39 is 21.3 Å². The molecule has 6 rings (SSSR count). The summed E-state index contributed by atoms with van der Waals surface area (Å²) >= 11 is 0. The summed E-state index contributed by atoms with van der Waals surface area (Å²) in [6.07, 6.45) is 6.12. The predicted octanol–water partition coefficient (Wildman–Crippen LogP) is 2.85. The third kappa shape index (κ3) is 3.19. The summed E-state index contributed by atoms with van der Waals surface area (Å²) in [5.74, 6) is -0.171. The van der Waals surface area contributed by atoms with Crippen LogP contribution >= 0.6 is 0 Å². The van der Waals surface area contributed by atoms with Gasteiger partial charge in [-0.05, 0) is 37.8 Å². The van der Waals surface area contributed by atoms with Crippen LogP contribution in [0.15, 0.2) is 29.4 Å². The Hall–Kier alpha value is -2.58. The van der Waals surface area contributed by atoms with Crippen LogP contribution in [-0.4, -0.2) is 47.9 Å². The Kier molecular flexibility index (Phi) is 4.36. The quantitative estimate of drug-likeness (QED) is 0.621. The van der Waals surface area contributed by atoms with Gasteiger partial charge in [-0.15, -0.1) is 0 Å². The van der Waals surface area contributed by atoms with Gasteiger partial charge in [-0.25, -0.2) is 18.4 Å². The van der Waals surface area contributed by atoms with Gasteiger partial charge < -0.3 is 14.5 Å². The number of sulfonamides is 1. The average Bonchev–Trinajstić information content (AvgIpc) is 3.24. The molecule has 0 unspecified atom stereocenters. The van der Waals surface area contributed by atoms with Gasteiger partial charge in [0.1, 0.15) is 17.5 Å². The second kappa shape index (κ2) is 6.96. The van der Waals surface area contributed by atoms with Gasteiger partial charge in [-0.2, -0.15) is 9.98 Å². The van der Waals surface area contributed by atoms with Gasteiger partial charge in [-0.1, -0.05) is 6.07 Å². The zero-order chi connectivity index (χ0) is 22.0. The molecule has 1 aliphatic heterocycles. The summed E-state index contributed by atoms with van der Waals surface area (Å²) in [4.78, 5) is 12.4. The highest BCUT2D eigenvalue weighted by atomic mass is 32.2. The normalized spacial score (nSPS) is 22.5. The predicted molar refractivity (Wildman–Crippen MR) is 115 cm³/mol. The number of nitrogens with one attached hydrogen (secondary N) is 2. The molecule has 3 fully saturated rings. The first-order valence-corrected chi connectivity index (χ1v) is 12.4. The van der Waals surface area contributed by atoms with E-state index in [4.69, 9.17) is 9.47 Å². The van der Waals surface area contributed by atoms with E-state index in [2.05, 4.69) is 25.7 Å². The van der Waals surface area contributed by atoms with Gasteiger partial charge in [0, 0.05) is 35.0 Å². The Labute approximate surface area is 185 Å². The molecule has 166 valence electrons. The van der Waals surface area contributed by atoms with Crippen LogP contribution in [0.1, 0.15) is 50.1 Å². The summed E-state index contributed by atoms with van der Waals surface area (Å²) in [6, 6.07) is 7.05. The van der Waals surface area contributed by atoms with E-state index in [1.807, 2.05) is 0 Å². The Morgan fingerprint density at radius 3 is 2.56 bits per heavy atom. The van der Waals surface area contributed by atoms with E-state index in [9.17, 15) is 13.7 Å². The molecule has 3 heterocycles. The van der Waals surface area contributed by atoms with Crippen molar-refractivity contribution in [3.05, 3.63) is 30.2 Å². The molecule has 2 aliphatic carbocycles. The second-order valence-corrected chi connectivity index (χ2v) is 10.7. The van der Waals surface area contributed by atoms with Gasteiger partial charge in [0.2, 0.25) is 10.0 Å². The Morgan fingerprint density at radius 2 is 1.88 bits per heavy atom. The fourth-order valence-corrected chi connectivity index (χ4v) is 6.41. The number of nitrogens with zero attached hydrogens (tertiary/aromatic N) is 3. The highest BCUT2D eigenvalue weighted by Gasteiger charge is 2.47. The maximum Gasteiger partial charge on any atom is 0.242 e. The lowest BCUT2D eigenvalue weighted by Crippen LogP contribution is -2.35. The van der Waals surface area contributed by atoms with Crippen molar-refractivity contribution in [2.24, 2.45) is 0 Å². The number of hydrogen-bond donors (Lipinski definition) is 2. The van der Waals surface area contributed by atoms with Crippen LogP contribution < -0.4 is 4.72 Å². The van der Waals surface area contributed by atoms with Gasteiger partial charge in [0.15, 0.2) is 5.79 Å². The van der Waals surface area contributed by atoms with Crippen LogP contribution in [0.4, 0.5) is 0 Å². The number of nitriles is 1. The summed E-state index contributed by atoms with van der Waals surface area (Å²) < 4.78 is 39.9. The molecule has 3 aromatic rings. The van der Waals surface area contributed by atoms with Crippen molar-refractivity contribution in [1.29, 1.82) is 5.26 Å². The molecule has 0 amide bonds. The average molecular weight is 454 g/mol. The summed E-state index contributed by atoms with van der Waals surface area (Å²) in [5.41, 5.74) is 1.39. The van der Waals surface area contributed by atoms with Crippen LogP contribution in [0.25, 0.3) is 21.9 Å². The molecule has 1 aromatic carbocycles. The molecular formula is C22H23N5O4S. The maximum atomic E-state index is 12.8. The van der Waals surface area contributed by atoms with Crippen LogP contribution in [0, 0.1) is 11.3 Å². The van der Waals surface area contributed by atoms with Gasteiger partial charge in [-0.3, -0.25) is 0 Å². The number of H-pyrrole nitrogens is 1. The molecule has 2 aromatic heterocycles. The van der Waals surface area contributed by atoms with Crippen molar-refractivity contribution >= 4 is 32.0 Å². The van der Waals surface area contributed by atoms with Gasteiger partial charge >= 0.3 is 0 Å². The highest BCUT2D eigenvalue weighted by Crippen LogP contribution is 2.44. The van der Waals surface area contributed by atoms with Crippen molar-refractivity contribution in [3.8, 4) is 6.07 Å². The monoisotopic (exact) mass is 453 g/mol. The van der Waals surface area contributed by atoms with E-state index in [0.717, 1.165) is 42.1 Å². The molecule has 10 heteroatoms. The van der Waals surface area contributed by atoms with Crippen LogP contribution in [0.5, 0.6) is 0 Å². The lowest BCUT2D eigenvalue weighted by atomic mass is 9.82. The van der Waals surface area contributed by atoms with Crippen molar-refractivity contribution in [3.63, 3.8) is 0 Å². The Bertz CT molecular complexity index is 1360. The van der Waals surface area contributed by atoms with Crippen molar-refractivity contribution in [2.45, 2.75) is 60.7 Å². The van der Waals surface area contributed by atoms with Crippen LogP contribution in [0.2, 0.25) is 0 Å². The van der Waals surface area contributed by atoms with Crippen LogP contribution in [-0.2, 0) is 19.5 Å². The van der Waals surface area contributed by atoms with E-state index in [1.54, 1.807) is 24.5 Å². The van der Waals surface area contributed by atoms with Crippen LogP contribution in [0.3, 0.4) is 0 Å². The number of aromatic nitrogens is 3. The standard InChI is InChI=1S/C22H23N5O4S/c23-12-21(7-8-21)27-32(28,29)15-1-2-16-17(11-15)26-20-18(16)19(24-13-25-20)14-3-5-22(6-4-14)30-9-10-31-22/h1-2,11,13-14,27H,3-10H2,(H,24,25,26). The molecule has 0 atom stereocenters. The molecule has 0 radical (unpaired) electrons. The van der Waals surface area contributed by atoms with Gasteiger partial charge in [0.05, 0.1) is 29.9 Å². The van der Waals surface area contributed by atoms with E-state index in [0.29, 0.717) is 37.2 Å². The van der Waals surface area contributed by atoms with E-state index in [1.165, 1.54) is 0 Å². The molecule has 3 aliphatic rings. The van der Waals surface area contributed by atoms with Crippen molar-refractivity contribution < 1.29 is 17.9 Å². The number of hydrogen-bond acceptors (Lipinski definition) is 7. The minimum absolute atomic E-state index is 0.128. The summed E-state index contributed by atoms with van der Waals surface area (Å²) in [6.45, 7) is 1.31. The Balaban J connectivity index is 1.35. The number of rotatable bonds is 4. The molecule has 9 nitrogen and oxygen atoms in total. The minimum Gasteiger partial charge on any atom is -0.348 e. The molecule has 1 spiro atoms. The molecule has 32 heavy (non-hydrogen) atoms. The number of benzene rings is 1. The molecular weight excluding hydrogens is 430 g/mol. The molecule has 2 saturated carbocycles. The van der Waals surface area contributed by atoms with Crippen molar-refractivity contribution in [1.82, 2.24) is 19.7 Å². The first-order valence-electron chi connectivity index (χ1n) is 10.9. The largest absolute Gasteiger partial charge is 0.348 e. The van der Waals surface area contributed by atoms with Gasteiger partial charge in [0.25, 0.3) is 0 Å². The zero-order valence-electron chi connectivity index (χ0n) is 17.4. The van der Waals surface area contributed by atoms with E-state index in [-0.39, 0.29) is 10.8 Å². The first-order chi connectivity index (χ1) is 15.4. The minimum atomic E-state index is -3.80. The Morgan fingerprint density at radius 1 is 1.12 bits per heavy atom. The van der Waals surface area contributed by atoms with E-state index >= 15 is 0 Å². The maximum absolute atomic E-state index is 12.8. The number of fused-ring (bicyclic) bond motifs is 3. The highest BCUT2D eigenvalue weighted by molar-refractivity contribution is 7.89. The molecule has 2 N–H and O–H groups in total. The number of ether oxygens (including phenoxy) is 2. The topological polar surface area (TPSA) is 130 Å². The summed E-state index contributed by atoms with van der Waals surface area (Å²) in [7, 11) is -3.80. The first kappa shape index (κ1) is 20.1. The number of aromatic amines is 1. The van der Waals surface area contributed by atoms with Crippen molar-refractivity contribution in [2.75, 3.05) is 13.2 Å². The molecule has 0 bridgehead atoms. The fraction of sp³-hybridized carbons (Fsp3) is 0.500. The lowest BCUT2D eigenvalue weighted by Gasteiger charge is -2.35. The molecule has 1 saturated heterocycles.